The van der Waals surface area contributed by atoms with Crippen LogP contribution in [0, 0.1) is 5.92 Å². The number of aldehydes is 1. The molecule has 1 aromatic carbocycles. The maximum Gasteiger partial charge on any atom is 0.223 e. The van der Waals surface area contributed by atoms with Crippen molar-refractivity contribution in [3.63, 3.8) is 0 Å². The number of carbonyl (C=O) groups is 2. The number of primary amides is 1. The molecule has 86 valence electrons. The smallest absolute Gasteiger partial charge is 0.223 e. The Morgan fingerprint density at radius 1 is 1.62 bits per heavy atom. The second kappa shape index (κ2) is 5.51. The SMILES string of the molecule is CC(COc1ccc(Cl)cc1C=O)C(N)=O. The van der Waals surface area contributed by atoms with Gasteiger partial charge in [0, 0.05) is 5.02 Å². The van der Waals surface area contributed by atoms with Gasteiger partial charge in [-0.1, -0.05) is 18.5 Å². The molecule has 5 heteroatoms. The number of carbonyl (C=O) groups excluding carboxylic acids is 2. The van der Waals surface area contributed by atoms with Crippen LogP contribution in [0.4, 0.5) is 0 Å². The van der Waals surface area contributed by atoms with Gasteiger partial charge < -0.3 is 10.5 Å². The molecule has 0 aliphatic rings. The van der Waals surface area contributed by atoms with Crippen molar-refractivity contribution in [3.05, 3.63) is 28.8 Å². The van der Waals surface area contributed by atoms with Crippen LogP contribution in [0.2, 0.25) is 5.02 Å². The van der Waals surface area contributed by atoms with E-state index < -0.39 is 11.8 Å². The van der Waals surface area contributed by atoms with Crippen molar-refractivity contribution in [2.75, 3.05) is 6.61 Å². The summed E-state index contributed by atoms with van der Waals surface area (Å²) in [7, 11) is 0. The largest absolute Gasteiger partial charge is 0.492 e. The molecule has 0 aliphatic heterocycles. The minimum absolute atomic E-state index is 0.137. The topological polar surface area (TPSA) is 69.4 Å². The molecule has 0 fully saturated rings. The van der Waals surface area contributed by atoms with Gasteiger partial charge in [0.05, 0.1) is 18.1 Å². The van der Waals surface area contributed by atoms with Gasteiger partial charge >= 0.3 is 0 Å². The summed E-state index contributed by atoms with van der Waals surface area (Å²) in [6.07, 6.45) is 0.649. The van der Waals surface area contributed by atoms with E-state index in [4.69, 9.17) is 22.1 Å². The second-order valence-electron chi connectivity index (χ2n) is 3.41. The Hall–Kier alpha value is -1.55. The van der Waals surface area contributed by atoms with E-state index in [2.05, 4.69) is 0 Å². The van der Waals surface area contributed by atoms with Crippen molar-refractivity contribution < 1.29 is 14.3 Å². The lowest BCUT2D eigenvalue weighted by molar-refractivity contribution is -0.122. The van der Waals surface area contributed by atoms with Gasteiger partial charge in [-0.3, -0.25) is 9.59 Å². The number of ether oxygens (including phenoxy) is 1. The molecule has 1 unspecified atom stereocenters. The lowest BCUT2D eigenvalue weighted by Crippen LogP contribution is -2.25. The van der Waals surface area contributed by atoms with E-state index in [1.54, 1.807) is 19.1 Å². The van der Waals surface area contributed by atoms with Gasteiger partial charge in [0.1, 0.15) is 5.75 Å². The summed E-state index contributed by atoms with van der Waals surface area (Å²) in [4.78, 5) is 21.5. The van der Waals surface area contributed by atoms with E-state index >= 15 is 0 Å². The zero-order valence-electron chi connectivity index (χ0n) is 8.77. The van der Waals surface area contributed by atoms with Gasteiger partial charge in [0.2, 0.25) is 5.91 Å². The molecule has 1 amide bonds. The minimum atomic E-state index is -0.443. The summed E-state index contributed by atoms with van der Waals surface area (Å²) in [6.45, 7) is 1.79. The maximum absolute atomic E-state index is 10.8. The molecule has 0 saturated carbocycles. The molecule has 0 spiro atoms. The maximum atomic E-state index is 10.8. The number of halogens is 1. The van der Waals surface area contributed by atoms with Crippen molar-refractivity contribution in [3.8, 4) is 5.75 Å². The first-order valence-electron chi connectivity index (χ1n) is 4.71. The third-order valence-electron chi connectivity index (χ3n) is 2.07. The summed E-state index contributed by atoms with van der Waals surface area (Å²) in [5.74, 6) is -0.454. The fourth-order valence-corrected chi connectivity index (χ4v) is 1.22. The molecular weight excluding hydrogens is 230 g/mol. The quantitative estimate of drug-likeness (QED) is 0.797. The third-order valence-corrected chi connectivity index (χ3v) is 2.31. The number of hydrogen-bond donors (Lipinski definition) is 1. The van der Waals surface area contributed by atoms with Crippen molar-refractivity contribution in [1.82, 2.24) is 0 Å². The fourth-order valence-electron chi connectivity index (χ4n) is 1.04. The molecule has 0 radical (unpaired) electrons. The molecule has 2 N–H and O–H groups in total. The average molecular weight is 242 g/mol. The second-order valence-corrected chi connectivity index (χ2v) is 3.85. The van der Waals surface area contributed by atoms with E-state index in [-0.39, 0.29) is 6.61 Å². The zero-order valence-corrected chi connectivity index (χ0v) is 9.53. The summed E-state index contributed by atoms with van der Waals surface area (Å²) >= 11 is 5.72. The molecule has 0 aromatic heterocycles. The normalized spacial score (nSPS) is 11.9. The Morgan fingerprint density at radius 2 is 2.31 bits per heavy atom. The highest BCUT2D eigenvalue weighted by Gasteiger charge is 2.11. The van der Waals surface area contributed by atoms with Crippen molar-refractivity contribution in [2.45, 2.75) is 6.92 Å². The monoisotopic (exact) mass is 241 g/mol. The van der Waals surface area contributed by atoms with Crippen LogP contribution in [0.25, 0.3) is 0 Å². The van der Waals surface area contributed by atoms with Gasteiger partial charge in [0.25, 0.3) is 0 Å². The number of hydrogen-bond acceptors (Lipinski definition) is 3. The van der Waals surface area contributed by atoms with Gasteiger partial charge in [-0.2, -0.15) is 0 Å². The van der Waals surface area contributed by atoms with Crippen LogP contribution < -0.4 is 10.5 Å². The van der Waals surface area contributed by atoms with Crippen LogP contribution in [0.3, 0.4) is 0 Å². The van der Waals surface area contributed by atoms with E-state index in [0.29, 0.717) is 22.6 Å². The average Bonchev–Trinajstić information content (AvgIpc) is 2.26. The molecule has 1 aromatic rings. The molecule has 4 nitrogen and oxygen atoms in total. The molecule has 16 heavy (non-hydrogen) atoms. The van der Waals surface area contributed by atoms with Gasteiger partial charge in [-0.25, -0.2) is 0 Å². The van der Waals surface area contributed by atoms with Gasteiger partial charge in [-0.05, 0) is 18.2 Å². The Kier molecular flexibility index (Phi) is 4.31. The highest BCUT2D eigenvalue weighted by atomic mass is 35.5. The lowest BCUT2D eigenvalue weighted by atomic mass is 10.2. The molecule has 0 aliphatic carbocycles. The van der Waals surface area contributed by atoms with Crippen LogP contribution in [0.5, 0.6) is 5.75 Å². The summed E-state index contributed by atoms with van der Waals surface area (Å²) < 4.78 is 5.32. The van der Waals surface area contributed by atoms with Crippen LogP contribution in [0.15, 0.2) is 18.2 Å². The van der Waals surface area contributed by atoms with E-state index in [0.717, 1.165) is 0 Å². The number of rotatable bonds is 5. The molecule has 0 saturated heterocycles. The van der Waals surface area contributed by atoms with Crippen LogP contribution >= 0.6 is 11.6 Å². The van der Waals surface area contributed by atoms with Crippen LogP contribution in [-0.4, -0.2) is 18.8 Å². The summed E-state index contributed by atoms with van der Waals surface area (Å²) in [6, 6.07) is 4.69. The molecule has 0 bridgehead atoms. The molecule has 1 atom stereocenters. The summed E-state index contributed by atoms with van der Waals surface area (Å²) in [5, 5.41) is 0.456. The van der Waals surface area contributed by atoms with Gasteiger partial charge in [-0.15, -0.1) is 0 Å². The number of amides is 1. The molecule has 0 heterocycles. The fraction of sp³-hybridized carbons (Fsp3) is 0.273. The Labute approximate surface area is 98.3 Å². The van der Waals surface area contributed by atoms with E-state index in [1.165, 1.54) is 6.07 Å². The van der Waals surface area contributed by atoms with Crippen molar-refractivity contribution in [1.29, 1.82) is 0 Å². The summed E-state index contributed by atoms with van der Waals surface area (Å²) in [5.41, 5.74) is 5.44. The Morgan fingerprint density at radius 3 is 2.88 bits per heavy atom. The molecular formula is C11H12ClNO3. The highest BCUT2D eigenvalue weighted by Crippen LogP contribution is 2.21. The first-order chi connectivity index (χ1) is 7.54. The van der Waals surface area contributed by atoms with Crippen molar-refractivity contribution >= 4 is 23.8 Å². The lowest BCUT2D eigenvalue weighted by Gasteiger charge is -2.11. The first-order valence-corrected chi connectivity index (χ1v) is 5.09. The first kappa shape index (κ1) is 12.5. The van der Waals surface area contributed by atoms with E-state index in [9.17, 15) is 9.59 Å². The Bertz CT molecular complexity index is 406. The zero-order chi connectivity index (χ0) is 12.1. The number of benzene rings is 1. The highest BCUT2D eigenvalue weighted by molar-refractivity contribution is 6.30. The third kappa shape index (κ3) is 3.24. The Balaban J connectivity index is 2.74. The van der Waals surface area contributed by atoms with Gasteiger partial charge in [0.15, 0.2) is 6.29 Å². The predicted octanol–water partition coefficient (Wildman–Crippen LogP) is 1.65. The standard InChI is InChI=1S/C11H12ClNO3/c1-7(11(13)15)6-16-10-3-2-9(12)4-8(10)5-14/h2-5,7H,6H2,1H3,(H2,13,15). The van der Waals surface area contributed by atoms with Crippen molar-refractivity contribution in [2.24, 2.45) is 11.7 Å². The minimum Gasteiger partial charge on any atom is -0.492 e. The number of nitrogens with two attached hydrogens (primary N) is 1. The van der Waals surface area contributed by atoms with Crippen LogP contribution in [0.1, 0.15) is 17.3 Å². The van der Waals surface area contributed by atoms with Crippen LogP contribution in [-0.2, 0) is 4.79 Å². The predicted molar refractivity (Wildman–Crippen MR) is 60.7 cm³/mol. The van der Waals surface area contributed by atoms with E-state index in [1.807, 2.05) is 0 Å². The molecule has 1 rings (SSSR count).